The smallest absolute Gasteiger partial charge is 0.222 e. The summed E-state index contributed by atoms with van der Waals surface area (Å²) in [6, 6.07) is -0.0580. The third-order valence-electron chi connectivity index (χ3n) is 3.29. The van der Waals surface area contributed by atoms with Gasteiger partial charge in [0.15, 0.2) is 0 Å². The van der Waals surface area contributed by atoms with Gasteiger partial charge < -0.3 is 5.32 Å². The zero-order valence-electron chi connectivity index (χ0n) is 11.8. The number of hydrogen-bond acceptors (Lipinski definition) is 3. The van der Waals surface area contributed by atoms with Crippen LogP contribution >= 0.6 is 11.6 Å². The molecule has 0 radical (unpaired) electrons. The predicted molar refractivity (Wildman–Crippen MR) is 76.4 cm³/mol. The van der Waals surface area contributed by atoms with Gasteiger partial charge in [0.05, 0.1) is 23.5 Å². The van der Waals surface area contributed by atoms with Crippen molar-refractivity contribution in [2.75, 3.05) is 0 Å². The van der Waals surface area contributed by atoms with E-state index in [2.05, 4.69) is 15.5 Å². The fourth-order valence-corrected chi connectivity index (χ4v) is 2.17. The molecule has 0 aromatic carbocycles. The molecule has 1 atom stereocenters. The molecule has 0 saturated carbocycles. The van der Waals surface area contributed by atoms with Crippen molar-refractivity contribution in [1.29, 1.82) is 0 Å². The van der Waals surface area contributed by atoms with Crippen LogP contribution in [-0.4, -0.2) is 25.5 Å². The van der Waals surface area contributed by atoms with Crippen molar-refractivity contribution in [3.63, 3.8) is 0 Å². The van der Waals surface area contributed by atoms with Crippen LogP contribution in [0.3, 0.4) is 0 Å². The summed E-state index contributed by atoms with van der Waals surface area (Å²) in [5, 5.41) is 11.7. The van der Waals surface area contributed by atoms with Crippen molar-refractivity contribution in [2.45, 2.75) is 32.9 Å². The number of carbonyl (C=O) groups excluding carboxylic acids is 1. The average molecular weight is 296 g/mol. The number of aromatic nitrogens is 4. The maximum Gasteiger partial charge on any atom is 0.222 e. The second kappa shape index (κ2) is 6.09. The Hall–Kier alpha value is -1.82. The topological polar surface area (TPSA) is 64.7 Å². The van der Waals surface area contributed by atoms with Crippen molar-refractivity contribution in [3.05, 3.63) is 34.9 Å². The molecule has 0 fully saturated rings. The standard InChI is InChI=1S/C13H18ClN5O/c1-9(12-7-15-18(3)10(12)2)17-13(20)4-5-19-8-11(14)6-16-19/h6-9H,4-5H2,1-3H3,(H,17,20). The minimum absolute atomic E-state index is 0.0209. The SMILES string of the molecule is Cc1c(C(C)NC(=O)CCn2cc(Cl)cn2)cnn1C. The molecule has 0 aliphatic heterocycles. The molecule has 0 saturated heterocycles. The lowest BCUT2D eigenvalue weighted by Gasteiger charge is -2.13. The lowest BCUT2D eigenvalue weighted by molar-refractivity contribution is -0.122. The number of carbonyl (C=O) groups is 1. The van der Waals surface area contributed by atoms with Gasteiger partial charge in [-0.15, -0.1) is 0 Å². The number of hydrogen-bond donors (Lipinski definition) is 1. The van der Waals surface area contributed by atoms with Gasteiger partial charge in [-0.3, -0.25) is 14.2 Å². The average Bonchev–Trinajstić information content (AvgIpc) is 2.95. The zero-order chi connectivity index (χ0) is 14.7. The molecule has 6 nitrogen and oxygen atoms in total. The molecule has 7 heteroatoms. The van der Waals surface area contributed by atoms with Gasteiger partial charge in [-0.25, -0.2) is 0 Å². The van der Waals surface area contributed by atoms with E-state index in [1.807, 2.05) is 20.9 Å². The van der Waals surface area contributed by atoms with Gasteiger partial charge in [-0.1, -0.05) is 11.6 Å². The number of rotatable bonds is 5. The van der Waals surface area contributed by atoms with E-state index in [0.29, 0.717) is 18.0 Å². The van der Waals surface area contributed by atoms with Gasteiger partial charge >= 0.3 is 0 Å². The Balaban J connectivity index is 1.86. The van der Waals surface area contributed by atoms with E-state index >= 15 is 0 Å². The first-order valence-electron chi connectivity index (χ1n) is 6.43. The van der Waals surface area contributed by atoms with Crippen LogP contribution < -0.4 is 5.32 Å². The Morgan fingerprint density at radius 2 is 2.20 bits per heavy atom. The summed E-state index contributed by atoms with van der Waals surface area (Å²) in [6.45, 7) is 4.45. The maximum absolute atomic E-state index is 11.9. The molecule has 1 amide bonds. The van der Waals surface area contributed by atoms with E-state index in [9.17, 15) is 4.79 Å². The number of nitrogens with one attached hydrogen (secondary N) is 1. The summed E-state index contributed by atoms with van der Waals surface area (Å²) in [7, 11) is 1.88. The molecule has 0 aliphatic carbocycles. The van der Waals surface area contributed by atoms with Crippen LogP contribution in [0.4, 0.5) is 0 Å². The largest absolute Gasteiger partial charge is 0.349 e. The molecule has 2 rings (SSSR count). The summed E-state index contributed by atoms with van der Waals surface area (Å²) in [5.41, 5.74) is 2.08. The number of amides is 1. The number of halogens is 1. The minimum atomic E-state index is -0.0580. The van der Waals surface area contributed by atoms with Crippen molar-refractivity contribution in [1.82, 2.24) is 24.9 Å². The number of nitrogens with zero attached hydrogens (tertiary/aromatic N) is 4. The first-order valence-corrected chi connectivity index (χ1v) is 6.81. The van der Waals surface area contributed by atoms with Gasteiger partial charge in [-0.2, -0.15) is 10.2 Å². The highest BCUT2D eigenvalue weighted by Gasteiger charge is 2.14. The minimum Gasteiger partial charge on any atom is -0.349 e. The van der Waals surface area contributed by atoms with E-state index in [0.717, 1.165) is 11.3 Å². The van der Waals surface area contributed by atoms with Crippen LogP contribution in [0.25, 0.3) is 0 Å². The van der Waals surface area contributed by atoms with E-state index in [1.165, 1.54) is 0 Å². The van der Waals surface area contributed by atoms with Crippen LogP contribution in [0.5, 0.6) is 0 Å². The first-order chi connectivity index (χ1) is 9.47. The Bertz CT molecular complexity index is 604. The Labute approximate surface area is 122 Å². The molecular weight excluding hydrogens is 278 g/mol. The van der Waals surface area contributed by atoms with Gasteiger partial charge in [0.1, 0.15) is 0 Å². The molecule has 1 unspecified atom stereocenters. The highest BCUT2D eigenvalue weighted by atomic mass is 35.5. The van der Waals surface area contributed by atoms with E-state index in [-0.39, 0.29) is 11.9 Å². The van der Waals surface area contributed by atoms with Crippen molar-refractivity contribution in [2.24, 2.45) is 7.05 Å². The van der Waals surface area contributed by atoms with Gasteiger partial charge in [0.2, 0.25) is 5.91 Å². The lowest BCUT2D eigenvalue weighted by atomic mass is 10.1. The second-order valence-corrected chi connectivity index (χ2v) is 5.21. The molecule has 20 heavy (non-hydrogen) atoms. The Morgan fingerprint density at radius 3 is 2.75 bits per heavy atom. The summed E-state index contributed by atoms with van der Waals surface area (Å²) < 4.78 is 3.45. The third-order valence-corrected chi connectivity index (χ3v) is 3.48. The van der Waals surface area contributed by atoms with Gasteiger partial charge in [0.25, 0.3) is 0 Å². The fourth-order valence-electron chi connectivity index (χ4n) is 2.01. The van der Waals surface area contributed by atoms with Crippen molar-refractivity contribution in [3.8, 4) is 0 Å². The summed E-state index contributed by atoms with van der Waals surface area (Å²) >= 11 is 5.77. The molecule has 1 N–H and O–H groups in total. The Morgan fingerprint density at radius 1 is 1.45 bits per heavy atom. The van der Waals surface area contributed by atoms with Gasteiger partial charge in [0, 0.05) is 37.5 Å². The van der Waals surface area contributed by atoms with E-state index in [1.54, 1.807) is 28.0 Å². The zero-order valence-corrected chi connectivity index (χ0v) is 12.6. The van der Waals surface area contributed by atoms with Crippen LogP contribution in [0, 0.1) is 6.92 Å². The lowest BCUT2D eigenvalue weighted by Crippen LogP contribution is -2.27. The molecular formula is C13H18ClN5O. The van der Waals surface area contributed by atoms with Gasteiger partial charge in [-0.05, 0) is 13.8 Å². The van der Waals surface area contributed by atoms with Crippen LogP contribution in [0.2, 0.25) is 5.02 Å². The molecule has 2 aromatic heterocycles. The molecule has 108 valence electrons. The molecule has 2 heterocycles. The fraction of sp³-hybridized carbons (Fsp3) is 0.462. The Kier molecular flexibility index (Phi) is 4.44. The highest BCUT2D eigenvalue weighted by molar-refractivity contribution is 6.30. The molecule has 0 aliphatic rings. The maximum atomic E-state index is 11.9. The van der Waals surface area contributed by atoms with Crippen LogP contribution in [-0.2, 0) is 18.4 Å². The quantitative estimate of drug-likeness (QED) is 0.915. The number of aryl methyl sites for hydroxylation is 2. The van der Waals surface area contributed by atoms with Crippen LogP contribution in [0.1, 0.15) is 30.6 Å². The predicted octanol–water partition coefficient (Wildman–Crippen LogP) is 1.85. The summed E-state index contributed by atoms with van der Waals surface area (Å²) in [4.78, 5) is 11.9. The highest BCUT2D eigenvalue weighted by Crippen LogP contribution is 2.16. The molecule has 0 spiro atoms. The summed E-state index contributed by atoms with van der Waals surface area (Å²) in [6.07, 6.45) is 5.40. The second-order valence-electron chi connectivity index (χ2n) is 4.77. The van der Waals surface area contributed by atoms with E-state index < -0.39 is 0 Å². The molecule has 2 aromatic rings. The van der Waals surface area contributed by atoms with Crippen molar-refractivity contribution >= 4 is 17.5 Å². The van der Waals surface area contributed by atoms with Crippen molar-refractivity contribution < 1.29 is 4.79 Å². The molecule has 0 bridgehead atoms. The third kappa shape index (κ3) is 3.39. The van der Waals surface area contributed by atoms with Crippen LogP contribution in [0.15, 0.2) is 18.6 Å². The monoisotopic (exact) mass is 295 g/mol. The summed E-state index contributed by atoms with van der Waals surface area (Å²) in [5.74, 6) is -0.0209. The van der Waals surface area contributed by atoms with E-state index in [4.69, 9.17) is 11.6 Å². The first kappa shape index (κ1) is 14.6. The normalized spacial score (nSPS) is 12.4.